The van der Waals surface area contributed by atoms with Gasteiger partial charge >= 0.3 is 0 Å². The second-order valence-corrected chi connectivity index (χ2v) is 4.33. The Morgan fingerprint density at radius 2 is 1.82 bits per heavy atom. The SMILES string of the molecule is CCCCCC(O)/C=C/C=C/CCCCC=O. The molecule has 1 atom stereocenters. The zero-order chi connectivity index (χ0) is 12.8. The van der Waals surface area contributed by atoms with Gasteiger partial charge < -0.3 is 9.90 Å². The van der Waals surface area contributed by atoms with E-state index in [0.717, 1.165) is 38.4 Å². The van der Waals surface area contributed by atoms with Crippen LogP contribution in [0.4, 0.5) is 0 Å². The number of rotatable bonds is 11. The lowest BCUT2D eigenvalue weighted by atomic mass is 10.1. The van der Waals surface area contributed by atoms with Gasteiger partial charge in [-0.15, -0.1) is 0 Å². The molecule has 1 N–H and O–H groups in total. The van der Waals surface area contributed by atoms with Crippen LogP contribution < -0.4 is 0 Å². The summed E-state index contributed by atoms with van der Waals surface area (Å²) in [5.41, 5.74) is 0. The van der Waals surface area contributed by atoms with Crippen molar-refractivity contribution < 1.29 is 9.90 Å². The molecule has 0 aliphatic carbocycles. The van der Waals surface area contributed by atoms with Crippen molar-refractivity contribution in [3.63, 3.8) is 0 Å². The second kappa shape index (κ2) is 13.2. The fraction of sp³-hybridized carbons (Fsp3) is 0.667. The van der Waals surface area contributed by atoms with Gasteiger partial charge in [0, 0.05) is 6.42 Å². The third kappa shape index (κ3) is 13.0. The molecule has 0 radical (unpaired) electrons. The van der Waals surface area contributed by atoms with Crippen molar-refractivity contribution in [3.8, 4) is 0 Å². The Morgan fingerprint density at radius 3 is 2.53 bits per heavy atom. The lowest BCUT2D eigenvalue weighted by Gasteiger charge is -2.02. The molecule has 17 heavy (non-hydrogen) atoms. The molecular formula is C15H26O2. The van der Waals surface area contributed by atoms with Gasteiger partial charge in [0.15, 0.2) is 0 Å². The summed E-state index contributed by atoms with van der Waals surface area (Å²) in [7, 11) is 0. The Labute approximate surface area is 105 Å². The number of aldehydes is 1. The Kier molecular flexibility index (Phi) is 12.5. The van der Waals surface area contributed by atoms with E-state index in [1.165, 1.54) is 12.8 Å². The fourth-order valence-electron chi connectivity index (χ4n) is 1.56. The molecule has 0 bridgehead atoms. The molecular weight excluding hydrogens is 212 g/mol. The van der Waals surface area contributed by atoms with Crippen LogP contribution in [-0.4, -0.2) is 17.5 Å². The van der Waals surface area contributed by atoms with Crippen molar-refractivity contribution in [2.45, 2.75) is 64.4 Å². The standard InChI is InChI=1S/C15H26O2/c1-2-3-9-12-15(17)13-10-7-5-4-6-8-11-14-16/h5,7,10,13-15,17H,2-4,6,8-9,11-12H2,1H3/b7-5+,13-10+. The predicted octanol–water partition coefficient (Wildman–Crippen LogP) is 3.80. The van der Waals surface area contributed by atoms with Gasteiger partial charge in [-0.3, -0.25) is 0 Å². The number of carbonyl (C=O) groups excluding carboxylic acids is 1. The van der Waals surface area contributed by atoms with Crippen molar-refractivity contribution in [1.82, 2.24) is 0 Å². The molecule has 0 rings (SSSR count). The minimum absolute atomic E-state index is 0.304. The first-order valence-electron chi connectivity index (χ1n) is 6.76. The monoisotopic (exact) mass is 238 g/mol. The van der Waals surface area contributed by atoms with Gasteiger partial charge in [0.1, 0.15) is 6.29 Å². The lowest BCUT2D eigenvalue weighted by Crippen LogP contribution is -2.00. The fourth-order valence-corrected chi connectivity index (χ4v) is 1.56. The van der Waals surface area contributed by atoms with Crippen LogP contribution in [-0.2, 0) is 4.79 Å². The number of hydrogen-bond donors (Lipinski definition) is 1. The zero-order valence-electron chi connectivity index (χ0n) is 11.0. The van der Waals surface area contributed by atoms with Crippen LogP contribution >= 0.6 is 0 Å². The maximum Gasteiger partial charge on any atom is 0.119 e. The Morgan fingerprint density at radius 1 is 1.06 bits per heavy atom. The van der Waals surface area contributed by atoms with E-state index in [1.54, 1.807) is 0 Å². The molecule has 0 aromatic carbocycles. The first-order valence-corrected chi connectivity index (χ1v) is 6.76. The summed E-state index contributed by atoms with van der Waals surface area (Å²) in [6.45, 7) is 2.16. The van der Waals surface area contributed by atoms with E-state index in [4.69, 9.17) is 0 Å². The summed E-state index contributed by atoms with van der Waals surface area (Å²) in [4.78, 5) is 10.1. The maximum absolute atomic E-state index is 10.1. The summed E-state index contributed by atoms with van der Waals surface area (Å²) >= 11 is 0. The summed E-state index contributed by atoms with van der Waals surface area (Å²) in [5, 5.41) is 9.59. The summed E-state index contributed by atoms with van der Waals surface area (Å²) in [5.74, 6) is 0. The average molecular weight is 238 g/mol. The van der Waals surface area contributed by atoms with E-state index >= 15 is 0 Å². The summed E-state index contributed by atoms with van der Waals surface area (Å²) in [6.07, 6.45) is 16.5. The molecule has 98 valence electrons. The van der Waals surface area contributed by atoms with Crippen molar-refractivity contribution in [1.29, 1.82) is 0 Å². The Bertz CT molecular complexity index is 219. The van der Waals surface area contributed by atoms with Gasteiger partial charge in [0.05, 0.1) is 6.10 Å². The van der Waals surface area contributed by atoms with Crippen LogP contribution in [0.25, 0.3) is 0 Å². The van der Waals surface area contributed by atoms with Crippen LogP contribution in [0.2, 0.25) is 0 Å². The van der Waals surface area contributed by atoms with Crippen molar-refractivity contribution in [3.05, 3.63) is 24.3 Å². The number of aliphatic hydroxyl groups excluding tert-OH is 1. The first kappa shape index (κ1) is 16.1. The zero-order valence-corrected chi connectivity index (χ0v) is 11.0. The number of aliphatic hydroxyl groups is 1. The topological polar surface area (TPSA) is 37.3 Å². The normalized spacial score (nSPS) is 13.5. The maximum atomic E-state index is 10.1. The second-order valence-electron chi connectivity index (χ2n) is 4.33. The minimum atomic E-state index is -0.304. The van der Waals surface area contributed by atoms with Gasteiger partial charge in [0.2, 0.25) is 0 Å². The van der Waals surface area contributed by atoms with Crippen LogP contribution in [0.5, 0.6) is 0 Å². The highest BCUT2D eigenvalue weighted by atomic mass is 16.3. The molecule has 0 spiro atoms. The lowest BCUT2D eigenvalue weighted by molar-refractivity contribution is -0.107. The first-order chi connectivity index (χ1) is 8.31. The van der Waals surface area contributed by atoms with E-state index < -0.39 is 0 Å². The van der Waals surface area contributed by atoms with Crippen LogP contribution in [0, 0.1) is 0 Å². The molecule has 1 unspecified atom stereocenters. The number of carbonyl (C=O) groups is 1. The van der Waals surface area contributed by atoms with E-state index in [9.17, 15) is 9.90 Å². The smallest absolute Gasteiger partial charge is 0.119 e. The quantitative estimate of drug-likeness (QED) is 0.338. The van der Waals surface area contributed by atoms with Crippen LogP contribution in [0.1, 0.15) is 58.3 Å². The molecule has 0 aliphatic heterocycles. The number of allylic oxidation sites excluding steroid dienone is 3. The third-order valence-electron chi connectivity index (χ3n) is 2.63. The highest BCUT2D eigenvalue weighted by Crippen LogP contribution is 2.04. The largest absolute Gasteiger partial charge is 0.389 e. The van der Waals surface area contributed by atoms with E-state index in [0.29, 0.717) is 6.42 Å². The molecule has 0 aliphatic rings. The number of hydrogen-bond acceptors (Lipinski definition) is 2. The Balaban J connectivity index is 3.43. The molecule has 0 heterocycles. The van der Waals surface area contributed by atoms with Gasteiger partial charge in [-0.2, -0.15) is 0 Å². The molecule has 0 saturated carbocycles. The molecule has 2 heteroatoms. The van der Waals surface area contributed by atoms with Crippen molar-refractivity contribution >= 4 is 6.29 Å². The minimum Gasteiger partial charge on any atom is -0.389 e. The third-order valence-corrected chi connectivity index (χ3v) is 2.63. The Hall–Kier alpha value is -0.890. The predicted molar refractivity (Wildman–Crippen MR) is 73.0 cm³/mol. The average Bonchev–Trinajstić information content (AvgIpc) is 2.33. The molecule has 0 aromatic heterocycles. The van der Waals surface area contributed by atoms with Gasteiger partial charge in [-0.1, -0.05) is 50.5 Å². The van der Waals surface area contributed by atoms with Crippen molar-refractivity contribution in [2.24, 2.45) is 0 Å². The van der Waals surface area contributed by atoms with E-state index in [2.05, 4.69) is 13.0 Å². The highest BCUT2D eigenvalue weighted by Gasteiger charge is 1.96. The van der Waals surface area contributed by atoms with Gasteiger partial charge in [-0.05, 0) is 25.7 Å². The van der Waals surface area contributed by atoms with E-state index in [-0.39, 0.29) is 6.10 Å². The van der Waals surface area contributed by atoms with Gasteiger partial charge in [0.25, 0.3) is 0 Å². The van der Waals surface area contributed by atoms with Gasteiger partial charge in [-0.25, -0.2) is 0 Å². The van der Waals surface area contributed by atoms with Crippen molar-refractivity contribution in [2.75, 3.05) is 0 Å². The molecule has 0 saturated heterocycles. The highest BCUT2D eigenvalue weighted by molar-refractivity contribution is 5.48. The van der Waals surface area contributed by atoms with E-state index in [1.807, 2.05) is 18.2 Å². The van der Waals surface area contributed by atoms with Crippen LogP contribution in [0.3, 0.4) is 0 Å². The number of unbranched alkanes of at least 4 members (excludes halogenated alkanes) is 5. The molecule has 0 aromatic rings. The summed E-state index contributed by atoms with van der Waals surface area (Å²) < 4.78 is 0. The molecule has 0 fully saturated rings. The summed E-state index contributed by atoms with van der Waals surface area (Å²) in [6, 6.07) is 0. The molecule has 2 nitrogen and oxygen atoms in total. The van der Waals surface area contributed by atoms with Crippen LogP contribution in [0.15, 0.2) is 24.3 Å². The molecule has 0 amide bonds.